The SMILES string of the molecule is CCC(C)(CO)Nc1ccc(Cl)cc1C#N. The van der Waals surface area contributed by atoms with E-state index in [-0.39, 0.29) is 6.61 Å². The topological polar surface area (TPSA) is 56.0 Å². The van der Waals surface area contributed by atoms with Crippen molar-refractivity contribution in [3.05, 3.63) is 28.8 Å². The molecule has 1 unspecified atom stereocenters. The third-order valence-corrected chi connectivity index (χ3v) is 2.90. The number of aliphatic hydroxyl groups is 1. The lowest BCUT2D eigenvalue weighted by Gasteiger charge is -2.29. The Morgan fingerprint density at radius 3 is 2.75 bits per heavy atom. The third kappa shape index (κ3) is 2.88. The van der Waals surface area contributed by atoms with Crippen LogP contribution in [0.2, 0.25) is 5.02 Å². The van der Waals surface area contributed by atoms with Gasteiger partial charge in [0.15, 0.2) is 0 Å². The van der Waals surface area contributed by atoms with Crippen LogP contribution >= 0.6 is 11.6 Å². The fourth-order valence-corrected chi connectivity index (χ4v) is 1.45. The molecule has 0 aliphatic rings. The first-order chi connectivity index (χ1) is 7.54. The van der Waals surface area contributed by atoms with Gasteiger partial charge in [0.2, 0.25) is 0 Å². The Morgan fingerprint density at radius 2 is 2.25 bits per heavy atom. The average Bonchev–Trinajstić information content (AvgIpc) is 2.31. The molecule has 0 radical (unpaired) electrons. The molecule has 0 aromatic heterocycles. The molecular weight excluding hydrogens is 224 g/mol. The Bertz CT molecular complexity index is 408. The highest BCUT2D eigenvalue weighted by atomic mass is 35.5. The van der Waals surface area contributed by atoms with Crippen LogP contribution in [0, 0.1) is 11.3 Å². The molecule has 0 spiro atoms. The van der Waals surface area contributed by atoms with Crippen LogP contribution in [0.1, 0.15) is 25.8 Å². The van der Waals surface area contributed by atoms with Crippen molar-refractivity contribution in [3.8, 4) is 6.07 Å². The Balaban J connectivity index is 3.02. The van der Waals surface area contributed by atoms with Gasteiger partial charge in [0.25, 0.3) is 0 Å². The van der Waals surface area contributed by atoms with Crippen LogP contribution in [0.4, 0.5) is 5.69 Å². The van der Waals surface area contributed by atoms with E-state index in [4.69, 9.17) is 16.9 Å². The quantitative estimate of drug-likeness (QED) is 0.848. The van der Waals surface area contributed by atoms with E-state index in [1.165, 1.54) is 0 Å². The Kier molecular flexibility index (Phi) is 4.17. The van der Waals surface area contributed by atoms with Gasteiger partial charge in [-0.25, -0.2) is 0 Å². The second-order valence-electron chi connectivity index (χ2n) is 4.00. The summed E-state index contributed by atoms with van der Waals surface area (Å²) in [6.45, 7) is 3.89. The highest BCUT2D eigenvalue weighted by Gasteiger charge is 2.21. The lowest BCUT2D eigenvalue weighted by molar-refractivity contribution is 0.219. The number of nitriles is 1. The predicted molar refractivity (Wildman–Crippen MR) is 65.6 cm³/mol. The number of nitrogens with zero attached hydrogens (tertiary/aromatic N) is 1. The van der Waals surface area contributed by atoms with E-state index in [1.54, 1.807) is 18.2 Å². The summed E-state index contributed by atoms with van der Waals surface area (Å²) < 4.78 is 0. The Hall–Kier alpha value is -1.24. The van der Waals surface area contributed by atoms with E-state index >= 15 is 0 Å². The molecule has 3 nitrogen and oxygen atoms in total. The van der Waals surface area contributed by atoms with Gasteiger partial charge in [-0.15, -0.1) is 0 Å². The zero-order valence-corrected chi connectivity index (χ0v) is 10.2. The fraction of sp³-hybridized carbons (Fsp3) is 0.417. The van der Waals surface area contributed by atoms with E-state index in [0.29, 0.717) is 16.3 Å². The average molecular weight is 239 g/mol. The first-order valence-electron chi connectivity index (χ1n) is 5.13. The summed E-state index contributed by atoms with van der Waals surface area (Å²) in [5, 5.41) is 22.0. The summed E-state index contributed by atoms with van der Waals surface area (Å²) in [7, 11) is 0. The first kappa shape index (κ1) is 12.8. The summed E-state index contributed by atoms with van der Waals surface area (Å²) >= 11 is 5.81. The maximum absolute atomic E-state index is 9.29. The molecule has 1 aromatic rings. The molecule has 1 aromatic carbocycles. The number of aliphatic hydroxyl groups excluding tert-OH is 1. The Labute approximate surface area is 101 Å². The zero-order chi connectivity index (χ0) is 12.2. The highest BCUT2D eigenvalue weighted by Crippen LogP contribution is 2.24. The van der Waals surface area contributed by atoms with Gasteiger partial charge in [0.05, 0.1) is 23.4 Å². The molecule has 0 aliphatic carbocycles. The van der Waals surface area contributed by atoms with Crippen LogP contribution in [0.5, 0.6) is 0 Å². The molecule has 0 saturated heterocycles. The van der Waals surface area contributed by atoms with E-state index in [2.05, 4.69) is 11.4 Å². The number of hydrogen-bond acceptors (Lipinski definition) is 3. The molecule has 1 atom stereocenters. The van der Waals surface area contributed by atoms with Crippen molar-refractivity contribution >= 4 is 17.3 Å². The lowest BCUT2D eigenvalue weighted by Crippen LogP contribution is -2.38. The molecule has 0 fully saturated rings. The molecule has 0 saturated carbocycles. The van der Waals surface area contributed by atoms with Crippen LogP contribution in [0.15, 0.2) is 18.2 Å². The van der Waals surface area contributed by atoms with Crippen molar-refractivity contribution in [1.29, 1.82) is 5.26 Å². The minimum Gasteiger partial charge on any atom is -0.394 e. The zero-order valence-electron chi connectivity index (χ0n) is 9.42. The maximum atomic E-state index is 9.29. The maximum Gasteiger partial charge on any atom is 0.101 e. The molecule has 4 heteroatoms. The Morgan fingerprint density at radius 1 is 1.56 bits per heavy atom. The highest BCUT2D eigenvalue weighted by molar-refractivity contribution is 6.30. The molecular formula is C12H15ClN2O. The van der Waals surface area contributed by atoms with E-state index in [9.17, 15) is 5.11 Å². The number of rotatable bonds is 4. The molecule has 0 aliphatic heterocycles. The van der Waals surface area contributed by atoms with Gasteiger partial charge in [-0.2, -0.15) is 5.26 Å². The molecule has 2 N–H and O–H groups in total. The standard InChI is InChI=1S/C12H15ClN2O/c1-3-12(2,8-16)15-11-5-4-10(13)6-9(11)7-14/h4-6,15-16H,3,8H2,1-2H3. The van der Waals surface area contributed by atoms with E-state index < -0.39 is 5.54 Å². The second-order valence-corrected chi connectivity index (χ2v) is 4.44. The summed E-state index contributed by atoms with van der Waals surface area (Å²) in [5.41, 5.74) is 0.769. The van der Waals surface area contributed by atoms with Crippen molar-refractivity contribution in [2.24, 2.45) is 0 Å². The lowest BCUT2D eigenvalue weighted by atomic mass is 9.99. The van der Waals surface area contributed by atoms with Crippen molar-refractivity contribution in [1.82, 2.24) is 0 Å². The fourth-order valence-electron chi connectivity index (χ4n) is 1.28. The molecule has 0 amide bonds. The van der Waals surface area contributed by atoms with Crippen molar-refractivity contribution in [3.63, 3.8) is 0 Å². The van der Waals surface area contributed by atoms with Crippen LogP contribution in [-0.2, 0) is 0 Å². The van der Waals surface area contributed by atoms with Crippen molar-refractivity contribution < 1.29 is 5.11 Å². The van der Waals surface area contributed by atoms with Gasteiger partial charge in [0, 0.05) is 5.02 Å². The number of anilines is 1. The largest absolute Gasteiger partial charge is 0.394 e. The number of halogens is 1. The van der Waals surface area contributed by atoms with E-state index in [1.807, 2.05) is 13.8 Å². The van der Waals surface area contributed by atoms with E-state index in [0.717, 1.165) is 6.42 Å². The number of nitrogens with one attached hydrogen (secondary N) is 1. The first-order valence-corrected chi connectivity index (χ1v) is 5.51. The molecule has 1 rings (SSSR count). The molecule has 16 heavy (non-hydrogen) atoms. The van der Waals surface area contributed by atoms with Crippen LogP contribution in [0.3, 0.4) is 0 Å². The monoisotopic (exact) mass is 238 g/mol. The minimum atomic E-state index is -0.417. The predicted octanol–water partition coefficient (Wildman–Crippen LogP) is 2.78. The van der Waals surface area contributed by atoms with Gasteiger partial charge in [-0.3, -0.25) is 0 Å². The van der Waals surface area contributed by atoms with Gasteiger partial charge in [0.1, 0.15) is 6.07 Å². The van der Waals surface area contributed by atoms with Crippen molar-refractivity contribution in [2.75, 3.05) is 11.9 Å². The van der Waals surface area contributed by atoms with Gasteiger partial charge in [-0.1, -0.05) is 18.5 Å². The second kappa shape index (κ2) is 5.20. The van der Waals surface area contributed by atoms with Gasteiger partial charge < -0.3 is 10.4 Å². The summed E-state index contributed by atoms with van der Waals surface area (Å²) in [4.78, 5) is 0. The minimum absolute atomic E-state index is 0.0109. The number of hydrogen-bond donors (Lipinski definition) is 2. The molecule has 86 valence electrons. The summed E-state index contributed by atoms with van der Waals surface area (Å²) in [6.07, 6.45) is 0.761. The molecule has 0 heterocycles. The molecule has 0 bridgehead atoms. The van der Waals surface area contributed by atoms with Gasteiger partial charge in [-0.05, 0) is 31.5 Å². The normalized spacial score (nSPS) is 13.9. The van der Waals surface area contributed by atoms with Gasteiger partial charge >= 0.3 is 0 Å². The van der Waals surface area contributed by atoms with Crippen LogP contribution < -0.4 is 5.32 Å². The summed E-state index contributed by atoms with van der Waals surface area (Å²) in [6, 6.07) is 7.16. The smallest absolute Gasteiger partial charge is 0.101 e. The third-order valence-electron chi connectivity index (χ3n) is 2.67. The number of benzene rings is 1. The van der Waals surface area contributed by atoms with Crippen molar-refractivity contribution in [2.45, 2.75) is 25.8 Å². The van der Waals surface area contributed by atoms with Crippen LogP contribution in [-0.4, -0.2) is 17.3 Å². The van der Waals surface area contributed by atoms with Crippen LogP contribution in [0.25, 0.3) is 0 Å². The summed E-state index contributed by atoms with van der Waals surface area (Å²) in [5.74, 6) is 0.